The van der Waals surface area contributed by atoms with Gasteiger partial charge in [0.2, 0.25) is 0 Å². The quantitative estimate of drug-likeness (QED) is 0.266. The molecular weight excluding hydrogens is 214 g/mol. The van der Waals surface area contributed by atoms with Crippen LogP contribution in [0.3, 0.4) is 0 Å². The normalized spacial score (nSPS) is 16.6. The van der Waals surface area contributed by atoms with Gasteiger partial charge >= 0.3 is 8.56 Å². The van der Waals surface area contributed by atoms with Crippen molar-refractivity contribution in [3.8, 4) is 0 Å². The average Bonchev–Trinajstić information content (AvgIpc) is 2.15. The van der Waals surface area contributed by atoms with Crippen molar-refractivity contribution < 1.29 is 14.0 Å². The van der Waals surface area contributed by atoms with Crippen molar-refractivity contribution in [1.29, 1.82) is 0 Å². The van der Waals surface area contributed by atoms with Gasteiger partial charge in [0.25, 0.3) is 0 Å². The lowest BCUT2D eigenvalue weighted by Crippen LogP contribution is -2.39. The maximum absolute atomic E-state index is 8.95. The molecule has 2 unspecified atom stereocenters. The smallest absolute Gasteiger partial charge is 0.334 e. The minimum absolute atomic E-state index is 0. The Morgan fingerprint density at radius 3 is 2.47 bits per heavy atom. The molecule has 0 fully saturated rings. The van der Waals surface area contributed by atoms with Crippen molar-refractivity contribution in [2.75, 3.05) is 20.3 Å². The Hall–Kier alpha value is -0.0231. The van der Waals surface area contributed by atoms with Gasteiger partial charge in [0, 0.05) is 13.7 Å². The predicted octanol–water partition coefficient (Wildman–Crippen LogP) is -0.101. The van der Waals surface area contributed by atoms with E-state index < -0.39 is 14.8 Å². The second-order valence-corrected chi connectivity index (χ2v) is 6.90. The van der Waals surface area contributed by atoms with Gasteiger partial charge in [-0.25, -0.2) is 0 Å². The van der Waals surface area contributed by atoms with E-state index in [1.54, 1.807) is 7.11 Å². The molecular formula is C8H25N3O3Si. The molecule has 0 aromatic heterocycles. The van der Waals surface area contributed by atoms with Gasteiger partial charge in [-0.05, 0) is 32.0 Å². The molecule has 0 rings (SSSR count). The molecule has 0 aromatic carbocycles. The summed E-state index contributed by atoms with van der Waals surface area (Å²) in [6, 6.07) is 0.700. The second-order valence-electron chi connectivity index (χ2n) is 3.43. The fourth-order valence-electron chi connectivity index (χ4n) is 1.01. The van der Waals surface area contributed by atoms with Crippen LogP contribution in [0.5, 0.6) is 0 Å². The topological polar surface area (TPSA) is 126 Å². The number of nitrogens with two attached hydrogens (primary N) is 2. The highest BCUT2D eigenvalue weighted by atomic mass is 28.4. The number of rotatable bonds is 8. The zero-order valence-corrected chi connectivity index (χ0v) is 10.7. The third-order valence-electron chi connectivity index (χ3n) is 2.08. The van der Waals surface area contributed by atoms with Crippen LogP contribution in [-0.4, -0.2) is 40.2 Å². The first-order valence-electron chi connectivity index (χ1n) is 4.87. The van der Waals surface area contributed by atoms with Crippen LogP contribution in [0, 0.1) is 0 Å². The molecule has 8 N–H and O–H groups in total. The molecule has 2 atom stereocenters. The average molecular weight is 239 g/mol. The van der Waals surface area contributed by atoms with E-state index in [-0.39, 0.29) is 6.15 Å². The molecule has 0 aliphatic rings. The van der Waals surface area contributed by atoms with E-state index in [9.17, 15) is 0 Å². The molecule has 0 amide bonds. The maximum atomic E-state index is 8.95. The van der Waals surface area contributed by atoms with Crippen molar-refractivity contribution >= 4 is 8.56 Å². The van der Waals surface area contributed by atoms with Crippen LogP contribution in [0.25, 0.3) is 0 Å². The van der Waals surface area contributed by atoms with Crippen molar-refractivity contribution in [3.05, 3.63) is 0 Å². The van der Waals surface area contributed by atoms with E-state index in [0.29, 0.717) is 25.6 Å². The zero-order chi connectivity index (χ0) is 11.0. The summed E-state index contributed by atoms with van der Waals surface area (Å²) in [5.41, 5.74) is 10.6. The first kappa shape index (κ1) is 17.4. The lowest BCUT2D eigenvalue weighted by atomic mass is 10.4. The summed E-state index contributed by atoms with van der Waals surface area (Å²) >= 11 is 0. The number of hydrogen-bond acceptors (Lipinski definition) is 6. The summed E-state index contributed by atoms with van der Waals surface area (Å²) in [6.07, 6.45) is 0.561. The Bertz CT molecular complexity index is 151. The summed E-state index contributed by atoms with van der Waals surface area (Å²) in [5, 5.41) is 8.95. The Morgan fingerprint density at radius 1 is 1.47 bits per heavy atom. The van der Waals surface area contributed by atoms with Crippen molar-refractivity contribution in [2.24, 2.45) is 11.5 Å². The summed E-state index contributed by atoms with van der Waals surface area (Å²) < 4.78 is 11.0. The highest BCUT2D eigenvalue weighted by molar-refractivity contribution is 6.65. The molecule has 7 heteroatoms. The van der Waals surface area contributed by atoms with Crippen LogP contribution < -0.4 is 17.6 Å². The van der Waals surface area contributed by atoms with Gasteiger partial charge in [-0.1, -0.05) is 0 Å². The minimum Gasteiger partial charge on any atom is -0.398 e. The molecule has 0 aliphatic carbocycles. The van der Waals surface area contributed by atoms with Crippen LogP contribution in [0.1, 0.15) is 12.8 Å². The van der Waals surface area contributed by atoms with Gasteiger partial charge < -0.3 is 31.6 Å². The monoisotopic (exact) mass is 239 g/mol. The molecule has 0 radical (unpaired) electrons. The molecule has 0 heterocycles. The standard InChI is InChI=1S/C8H22N2O3Si.H3N/c1-12-14(2,7-4-8(10)11)13-6-3-5-9;/h8,11H,3-7,9-10H2,1-2H3;1H3. The number of aliphatic hydroxyl groups excluding tert-OH is 1. The van der Waals surface area contributed by atoms with Crippen LogP contribution in [0.4, 0.5) is 0 Å². The zero-order valence-electron chi connectivity index (χ0n) is 9.74. The summed E-state index contributed by atoms with van der Waals surface area (Å²) in [7, 11) is -0.482. The minimum atomic E-state index is -2.12. The number of hydrogen-bond donors (Lipinski definition) is 4. The maximum Gasteiger partial charge on any atom is 0.334 e. The van der Waals surface area contributed by atoms with Crippen molar-refractivity contribution in [1.82, 2.24) is 6.15 Å². The van der Waals surface area contributed by atoms with Gasteiger partial charge in [-0.2, -0.15) is 0 Å². The Morgan fingerprint density at radius 2 is 2.07 bits per heavy atom. The van der Waals surface area contributed by atoms with Gasteiger partial charge in [-0.3, -0.25) is 0 Å². The SMILES string of the molecule is CO[Si](C)(CCC(N)O)OCCCN.N. The molecule has 6 nitrogen and oxygen atoms in total. The van der Waals surface area contributed by atoms with E-state index in [1.165, 1.54) is 0 Å². The third kappa shape index (κ3) is 8.94. The van der Waals surface area contributed by atoms with E-state index in [4.69, 9.17) is 25.4 Å². The first-order valence-corrected chi connectivity index (χ1v) is 7.39. The van der Waals surface area contributed by atoms with Gasteiger partial charge in [0.15, 0.2) is 0 Å². The van der Waals surface area contributed by atoms with Crippen LogP contribution in [0.2, 0.25) is 12.6 Å². The molecule has 15 heavy (non-hydrogen) atoms. The molecule has 0 saturated heterocycles. The van der Waals surface area contributed by atoms with E-state index in [2.05, 4.69) is 0 Å². The van der Waals surface area contributed by atoms with Crippen molar-refractivity contribution in [2.45, 2.75) is 31.7 Å². The highest BCUT2D eigenvalue weighted by Gasteiger charge is 2.29. The fourth-order valence-corrected chi connectivity index (χ4v) is 2.88. The van der Waals surface area contributed by atoms with E-state index in [1.807, 2.05) is 6.55 Å². The summed E-state index contributed by atoms with van der Waals surface area (Å²) in [6.45, 7) is 3.20. The van der Waals surface area contributed by atoms with E-state index in [0.717, 1.165) is 6.42 Å². The van der Waals surface area contributed by atoms with Crippen LogP contribution >= 0.6 is 0 Å². The second kappa shape index (κ2) is 9.22. The number of aliphatic hydroxyl groups is 1. The lowest BCUT2D eigenvalue weighted by molar-refractivity contribution is 0.162. The third-order valence-corrected chi connectivity index (χ3v) is 4.96. The van der Waals surface area contributed by atoms with Crippen LogP contribution in [-0.2, 0) is 8.85 Å². The van der Waals surface area contributed by atoms with Crippen LogP contribution in [0.15, 0.2) is 0 Å². The highest BCUT2D eigenvalue weighted by Crippen LogP contribution is 2.15. The first-order chi connectivity index (χ1) is 6.54. The van der Waals surface area contributed by atoms with Gasteiger partial charge in [0.05, 0.1) is 0 Å². The Kier molecular flexibility index (Phi) is 10.7. The Labute approximate surface area is 92.8 Å². The lowest BCUT2D eigenvalue weighted by Gasteiger charge is -2.25. The molecule has 94 valence electrons. The predicted molar refractivity (Wildman–Crippen MR) is 62.9 cm³/mol. The van der Waals surface area contributed by atoms with Gasteiger partial charge in [-0.15, -0.1) is 0 Å². The van der Waals surface area contributed by atoms with Gasteiger partial charge in [0.1, 0.15) is 6.23 Å². The largest absolute Gasteiger partial charge is 0.398 e. The van der Waals surface area contributed by atoms with E-state index >= 15 is 0 Å². The summed E-state index contributed by atoms with van der Waals surface area (Å²) in [4.78, 5) is 0. The molecule has 0 aromatic rings. The van der Waals surface area contributed by atoms with Crippen molar-refractivity contribution in [3.63, 3.8) is 0 Å². The molecule has 0 bridgehead atoms. The molecule has 0 aliphatic heterocycles. The molecule has 0 spiro atoms. The fraction of sp³-hybridized carbons (Fsp3) is 1.00. The Balaban J connectivity index is 0. The molecule has 0 saturated carbocycles. The summed E-state index contributed by atoms with van der Waals surface area (Å²) in [5.74, 6) is 0.